The highest BCUT2D eigenvalue weighted by Crippen LogP contribution is 2.21. The van der Waals surface area contributed by atoms with Crippen LogP contribution in [0.15, 0.2) is 30.3 Å². The standard InChI is InChI=1S/C14H19NO/c1-11-10-12-6-4-5-7-13(12)15(11)9-8-14(2,3)16/h4-7,10,16H,8-9H2,1-3H3. The number of para-hydroxylation sites is 1. The molecule has 2 heteroatoms. The van der Waals surface area contributed by atoms with Gasteiger partial charge in [0.25, 0.3) is 0 Å². The summed E-state index contributed by atoms with van der Waals surface area (Å²) in [5.41, 5.74) is 1.91. The maximum atomic E-state index is 9.77. The first-order valence-electron chi connectivity index (χ1n) is 5.75. The molecule has 0 spiro atoms. The summed E-state index contributed by atoms with van der Waals surface area (Å²) in [6.45, 7) is 6.69. The normalized spacial score (nSPS) is 12.2. The lowest BCUT2D eigenvalue weighted by Gasteiger charge is -2.18. The van der Waals surface area contributed by atoms with Crippen LogP contribution in [-0.2, 0) is 6.54 Å². The molecule has 86 valence electrons. The van der Waals surface area contributed by atoms with Crippen LogP contribution >= 0.6 is 0 Å². The van der Waals surface area contributed by atoms with Crippen molar-refractivity contribution in [2.75, 3.05) is 0 Å². The van der Waals surface area contributed by atoms with Gasteiger partial charge in [-0.15, -0.1) is 0 Å². The van der Waals surface area contributed by atoms with E-state index in [1.54, 1.807) is 0 Å². The SMILES string of the molecule is Cc1cc2ccccc2n1CCC(C)(C)O. The molecule has 0 aliphatic carbocycles. The molecule has 0 aliphatic heterocycles. The Morgan fingerprint density at radius 3 is 2.62 bits per heavy atom. The van der Waals surface area contributed by atoms with E-state index in [4.69, 9.17) is 0 Å². The second kappa shape index (κ2) is 3.95. The zero-order chi connectivity index (χ0) is 11.8. The average Bonchev–Trinajstić information content (AvgIpc) is 2.49. The number of benzene rings is 1. The van der Waals surface area contributed by atoms with Crippen molar-refractivity contribution in [1.29, 1.82) is 0 Å². The van der Waals surface area contributed by atoms with Gasteiger partial charge in [-0.3, -0.25) is 0 Å². The lowest BCUT2D eigenvalue weighted by Crippen LogP contribution is -2.21. The maximum Gasteiger partial charge on any atom is 0.0608 e. The predicted octanol–water partition coefficient (Wildman–Crippen LogP) is 3.11. The van der Waals surface area contributed by atoms with E-state index in [9.17, 15) is 5.11 Å². The smallest absolute Gasteiger partial charge is 0.0608 e. The molecule has 1 aromatic heterocycles. The molecule has 2 rings (SSSR count). The Balaban J connectivity index is 2.33. The summed E-state index contributed by atoms with van der Waals surface area (Å²) in [7, 11) is 0. The molecular weight excluding hydrogens is 198 g/mol. The number of nitrogens with zero attached hydrogens (tertiary/aromatic N) is 1. The summed E-state index contributed by atoms with van der Waals surface area (Å²) in [5.74, 6) is 0. The number of hydrogen-bond acceptors (Lipinski definition) is 1. The topological polar surface area (TPSA) is 25.2 Å². The number of aliphatic hydroxyl groups is 1. The van der Waals surface area contributed by atoms with Crippen LogP contribution in [0.4, 0.5) is 0 Å². The molecule has 1 N–H and O–H groups in total. The lowest BCUT2D eigenvalue weighted by molar-refractivity contribution is 0.0664. The zero-order valence-corrected chi connectivity index (χ0v) is 10.2. The van der Waals surface area contributed by atoms with E-state index in [1.807, 2.05) is 13.8 Å². The van der Waals surface area contributed by atoms with Crippen molar-refractivity contribution in [1.82, 2.24) is 4.57 Å². The van der Waals surface area contributed by atoms with Gasteiger partial charge in [0.05, 0.1) is 5.60 Å². The molecule has 0 atom stereocenters. The molecule has 0 amide bonds. The first-order valence-corrected chi connectivity index (χ1v) is 5.75. The zero-order valence-electron chi connectivity index (χ0n) is 10.2. The number of aromatic nitrogens is 1. The van der Waals surface area contributed by atoms with Crippen molar-refractivity contribution in [3.8, 4) is 0 Å². The molecule has 2 nitrogen and oxygen atoms in total. The fraction of sp³-hybridized carbons (Fsp3) is 0.429. The molecule has 0 aliphatic rings. The van der Waals surface area contributed by atoms with E-state index < -0.39 is 5.60 Å². The second-order valence-corrected chi connectivity index (χ2v) is 5.06. The molecule has 1 aromatic carbocycles. The Morgan fingerprint density at radius 2 is 1.94 bits per heavy atom. The molecule has 1 heterocycles. The molecular formula is C14H19NO. The first kappa shape index (κ1) is 11.2. The Morgan fingerprint density at radius 1 is 1.25 bits per heavy atom. The molecule has 0 radical (unpaired) electrons. The largest absolute Gasteiger partial charge is 0.390 e. The van der Waals surface area contributed by atoms with Crippen molar-refractivity contribution in [3.63, 3.8) is 0 Å². The minimum absolute atomic E-state index is 0.599. The molecule has 0 unspecified atom stereocenters. The molecule has 0 bridgehead atoms. The molecule has 2 aromatic rings. The van der Waals surface area contributed by atoms with Crippen molar-refractivity contribution in [2.24, 2.45) is 0 Å². The minimum atomic E-state index is -0.599. The second-order valence-electron chi connectivity index (χ2n) is 5.06. The summed E-state index contributed by atoms with van der Waals surface area (Å²) in [6.07, 6.45) is 0.770. The highest BCUT2D eigenvalue weighted by atomic mass is 16.3. The van der Waals surface area contributed by atoms with Crippen LogP contribution in [0.5, 0.6) is 0 Å². The highest BCUT2D eigenvalue weighted by Gasteiger charge is 2.13. The third-order valence-corrected chi connectivity index (χ3v) is 2.96. The molecule has 0 saturated heterocycles. The van der Waals surface area contributed by atoms with Crippen LogP contribution in [-0.4, -0.2) is 15.3 Å². The van der Waals surface area contributed by atoms with Crippen molar-refractivity contribution in [3.05, 3.63) is 36.0 Å². The van der Waals surface area contributed by atoms with Gasteiger partial charge < -0.3 is 9.67 Å². The average molecular weight is 217 g/mol. The summed E-state index contributed by atoms with van der Waals surface area (Å²) >= 11 is 0. The summed E-state index contributed by atoms with van der Waals surface area (Å²) in [5, 5.41) is 11.0. The van der Waals surface area contributed by atoms with Crippen molar-refractivity contribution in [2.45, 2.75) is 39.3 Å². The van der Waals surface area contributed by atoms with Crippen LogP contribution < -0.4 is 0 Å². The van der Waals surface area contributed by atoms with Crippen LogP contribution in [0.25, 0.3) is 10.9 Å². The van der Waals surface area contributed by atoms with Gasteiger partial charge >= 0.3 is 0 Å². The minimum Gasteiger partial charge on any atom is -0.390 e. The van der Waals surface area contributed by atoms with E-state index in [-0.39, 0.29) is 0 Å². The number of fused-ring (bicyclic) bond motifs is 1. The maximum absolute atomic E-state index is 9.77. The number of hydrogen-bond donors (Lipinski definition) is 1. The fourth-order valence-electron chi connectivity index (χ4n) is 2.03. The van der Waals surface area contributed by atoms with Gasteiger partial charge in [-0.25, -0.2) is 0 Å². The third kappa shape index (κ3) is 2.27. The Kier molecular flexibility index (Phi) is 2.76. The molecule has 16 heavy (non-hydrogen) atoms. The fourth-order valence-corrected chi connectivity index (χ4v) is 2.03. The van der Waals surface area contributed by atoms with Gasteiger partial charge in [0.2, 0.25) is 0 Å². The van der Waals surface area contributed by atoms with E-state index in [0.717, 1.165) is 13.0 Å². The first-order chi connectivity index (χ1) is 7.47. The Bertz CT molecular complexity index is 491. The van der Waals surface area contributed by atoms with Gasteiger partial charge in [-0.05, 0) is 44.7 Å². The van der Waals surface area contributed by atoms with Crippen molar-refractivity contribution >= 4 is 10.9 Å². The van der Waals surface area contributed by atoms with Crippen molar-refractivity contribution < 1.29 is 5.11 Å². The summed E-state index contributed by atoms with van der Waals surface area (Å²) < 4.78 is 2.27. The molecule has 0 fully saturated rings. The van der Waals surface area contributed by atoms with Gasteiger partial charge in [0.15, 0.2) is 0 Å². The van der Waals surface area contributed by atoms with Gasteiger partial charge in [-0.1, -0.05) is 18.2 Å². The highest BCUT2D eigenvalue weighted by molar-refractivity contribution is 5.81. The summed E-state index contributed by atoms with van der Waals surface area (Å²) in [6, 6.07) is 10.6. The van der Waals surface area contributed by atoms with Crippen LogP contribution in [0.1, 0.15) is 26.0 Å². The van der Waals surface area contributed by atoms with E-state index in [1.165, 1.54) is 16.6 Å². The van der Waals surface area contributed by atoms with E-state index in [0.29, 0.717) is 0 Å². The predicted molar refractivity (Wildman–Crippen MR) is 67.6 cm³/mol. The van der Waals surface area contributed by atoms with Crippen LogP contribution in [0.2, 0.25) is 0 Å². The van der Waals surface area contributed by atoms with Gasteiger partial charge in [-0.2, -0.15) is 0 Å². The lowest BCUT2D eigenvalue weighted by atomic mass is 10.1. The third-order valence-electron chi connectivity index (χ3n) is 2.96. The van der Waals surface area contributed by atoms with E-state index in [2.05, 4.69) is 41.8 Å². The van der Waals surface area contributed by atoms with Gasteiger partial charge in [0.1, 0.15) is 0 Å². The molecule has 0 saturated carbocycles. The van der Waals surface area contributed by atoms with Crippen LogP contribution in [0, 0.1) is 6.92 Å². The number of rotatable bonds is 3. The summed E-state index contributed by atoms with van der Waals surface area (Å²) in [4.78, 5) is 0. The van der Waals surface area contributed by atoms with E-state index >= 15 is 0 Å². The van der Waals surface area contributed by atoms with Gasteiger partial charge in [0, 0.05) is 17.8 Å². The number of aryl methyl sites for hydroxylation is 2. The Labute approximate surface area is 96.5 Å². The van der Waals surface area contributed by atoms with Crippen LogP contribution in [0.3, 0.4) is 0 Å². The Hall–Kier alpha value is -1.28. The quantitative estimate of drug-likeness (QED) is 0.839. The monoisotopic (exact) mass is 217 g/mol.